The highest BCUT2D eigenvalue weighted by Gasteiger charge is 2.30. The van der Waals surface area contributed by atoms with Gasteiger partial charge in [-0.25, -0.2) is 4.98 Å². The Hall–Kier alpha value is -1.55. The summed E-state index contributed by atoms with van der Waals surface area (Å²) in [6, 6.07) is 6.35. The molecule has 4 heteroatoms. The number of aromatic nitrogens is 2. The molecule has 3 rings (SSSR count). The first-order valence-corrected chi connectivity index (χ1v) is 6.89. The van der Waals surface area contributed by atoms with E-state index in [-0.39, 0.29) is 12.0 Å². The van der Waals surface area contributed by atoms with Crippen molar-refractivity contribution < 1.29 is 5.11 Å². The van der Waals surface area contributed by atoms with Crippen molar-refractivity contribution in [2.24, 2.45) is 12.5 Å². The summed E-state index contributed by atoms with van der Waals surface area (Å²) in [5, 5.41) is 9.45. The van der Waals surface area contributed by atoms with Gasteiger partial charge in [-0.15, -0.1) is 0 Å². The molecule has 102 valence electrons. The number of rotatable bonds is 2. The van der Waals surface area contributed by atoms with Gasteiger partial charge in [0.05, 0.1) is 17.5 Å². The van der Waals surface area contributed by atoms with Crippen LogP contribution in [-0.2, 0) is 7.05 Å². The number of aryl methyl sites for hydroxylation is 1. The zero-order chi connectivity index (χ0) is 13.5. The fraction of sp³-hybridized carbons (Fsp3) is 0.533. The monoisotopic (exact) mass is 259 g/mol. The van der Waals surface area contributed by atoms with Crippen molar-refractivity contribution in [3.8, 4) is 0 Å². The minimum absolute atomic E-state index is 0.0918. The second kappa shape index (κ2) is 4.53. The molecule has 1 N–H and O–H groups in total. The number of aliphatic hydroxyl groups is 1. The van der Waals surface area contributed by atoms with Gasteiger partial charge in [0.1, 0.15) is 5.52 Å². The van der Waals surface area contributed by atoms with Crippen LogP contribution in [0.5, 0.6) is 0 Å². The Kier molecular flexibility index (Phi) is 2.97. The molecule has 1 aromatic carbocycles. The standard InChI is InChI=1S/C15H21N3O/c1-15(10-19)6-8-18(9-7-15)13-5-3-4-12-14(13)16-11-17(12)2/h3-5,11,19H,6-10H2,1-2H3. The summed E-state index contributed by atoms with van der Waals surface area (Å²) in [6.45, 7) is 4.44. The summed E-state index contributed by atoms with van der Waals surface area (Å²) in [5.74, 6) is 0. The third-order valence-electron chi connectivity index (χ3n) is 4.43. The number of piperidine rings is 1. The van der Waals surface area contributed by atoms with Crippen LogP contribution in [0.15, 0.2) is 24.5 Å². The molecule has 1 aromatic heterocycles. The number of nitrogens with zero attached hydrogens (tertiary/aromatic N) is 3. The average molecular weight is 259 g/mol. The fourth-order valence-corrected chi connectivity index (χ4v) is 2.84. The van der Waals surface area contributed by atoms with Crippen molar-refractivity contribution in [1.29, 1.82) is 0 Å². The largest absolute Gasteiger partial charge is 0.396 e. The molecule has 1 aliphatic rings. The molecular formula is C15H21N3O. The molecule has 0 radical (unpaired) electrons. The van der Waals surface area contributed by atoms with E-state index in [1.54, 1.807) is 0 Å². The quantitative estimate of drug-likeness (QED) is 0.898. The summed E-state index contributed by atoms with van der Waals surface area (Å²) in [5.41, 5.74) is 3.57. The summed E-state index contributed by atoms with van der Waals surface area (Å²) in [4.78, 5) is 6.92. The van der Waals surface area contributed by atoms with E-state index in [2.05, 4.69) is 39.6 Å². The number of anilines is 1. The minimum atomic E-state index is 0.0918. The molecule has 1 aliphatic heterocycles. The maximum Gasteiger partial charge on any atom is 0.112 e. The Morgan fingerprint density at radius 1 is 1.32 bits per heavy atom. The number of aliphatic hydroxyl groups excluding tert-OH is 1. The third kappa shape index (κ3) is 2.10. The summed E-state index contributed by atoms with van der Waals surface area (Å²) in [6.07, 6.45) is 3.94. The van der Waals surface area contributed by atoms with E-state index in [1.807, 2.05) is 13.4 Å². The first kappa shape index (κ1) is 12.5. The van der Waals surface area contributed by atoms with Crippen LogP contribution in [0.1, 0.15) is 19.8 Å². The molecule has 0 unspecified atom stereocenters. The predicted octanol–water partition coefficient (Wildman–Crippen LogP) is 2.17. The van der Waals surface area contributed by atoms with Gasteiger partial charge in [0.25, 0.3) is 0 Å². The fourth-order valence-electron chi connectivity index (χ4n) is 2.84. The second-order valence-corrected chi connectivity index (χ2v) is 5.96. The molecular weight excluding hydrogens is 238 g/mol. The van der Waals surface area contributed by atoms with Gasteiger partial charge in [-0.1, -0.05) is 13.0 Å². The van der Waals surface area contributed by atoms with Gasteiger partial charge in [0.2, 0.25) is 0 Å². The van der Waals surface area contributed by atoms with Gasteiger partial charge in [-0.05, 0) is 30.4 Å². The van der Waals surface area contributed by atoms with Crippen LogP contribution in [-0.4, -0.2) is 34.4 Å². The first-order valence-electron chi connectivity index (χ1n) is 6.89. The molecule has 2 heterocycles. The van der Waals surface area contributed by atoms with Gasteiger partial charge in [-0.3, -0.25) is 0 Å². The van der Waals surface area contributed by atoms with Crippen molar-refractivity contribution in [1.82, 2.24) is 9.55 Å². The SMILES string of the molecule is Cn1cnc2c(N3CCC(C)(CO)CC3)cccc21. The zero-order valence-electron chi connectivity index (χ0n) is 11.6. The van der Waals surface area contributed by atoms with E-state index in [0.717, 1.165) is 31.4 Å². The molecule has 4 nitrogen and oxygen atoms in total. The molecule has 0 bridgehead atoms. The van der Waals surface area contributed by atoms with Gasteiger partial charge in [0, 0.05) is 26.7 Å². The van der Waals surface area contributed by atoms with E-state index in [0.29, 0.717) is 0 Å². The molecule has 0 aliphatic carbocycles. The van der Waals surface area contributed by atoms with E-state index in [9.17, 15) is 5.11 Å². The highest BCUT2D eigenvalue weighted by atomic mass is 16.3. The minimum Gasteiger partial charge on any atom is -0.396 e. The second-order valence-electron chi connectivity index (χ2n) is 5.96. The number of imidazole rings is 1. The van der Waals surface area contributed by atoms with Crippen LogP contribution < -0.4 is 4.90 Å². The molecule has 0 amide bonds. The van der Waals surface area contributed by atoms with Crippen LogP contribution in [0, 0.1) is 5.41 Å². The van der Waals surface area contributed by atoms with Crippen LogP contribution in [0.3, 0.4) is 0 Å². The lowest BCUT2D eigenvalue weighted by Gasteiger charge is -2.39. The molecule has 0 spiro atoms. The number of hydrogen-bond donors (Lipinski definition) is 1. The predicted molar refractivity (Wildman–Crippen MR) is 77.4 cm³/mol. The van der Waals surface area contributed by atoms with Gasteiger partial charge < -0.3 is 14.6 Å². The zero-order valence-corrected chi connectivity index (χ0v) is 11.6. The molecule has 0 atom stereocenters. The normalized spacial score (nSPS) is 19.0. The number of benzene rings is 1. The lowest BCUT2D eigenvalue weighted by Crippen LogP contribution is -2.40. The molecule has 1 fully saturated rings. The number of para-hydroxylation sites is 1. The summed E-state index contributed by atoms with van der Waals surface area (Å²) in [7, 11) is 2.03. The maximum atomic E-state index is 9.45. The maximum absolute atomic E-state index is 9.45. The van der Waals surface area contributed by atoms with Crippen molar-refractivity contribution in [2.45, 2.75) is 19.8 Å². The van der Waals surface area contributed by atoms with Crippen LogP contribution in [0.25, 0.3) is 11.0 Å². The van der Waals surface area contributed by atoms with Crippen LogP contribution in [0.2, 0.25) is 0 Å². The lowest BCUT2D eigenvalue weighted by molar-refractivity contribution is 0.115. The Labute approximate surface area is 113 Å². The van der Waals surface area contributed by atoms with Gasteiger partial charge >= 0.3 is 0 Å². The Balaban J connectivity index is 1.90. The van der Waals surface area contributed by atoms with Crippen LogP contribution in [0.4, 0.5) is 5.69 Å². The van der Waals surface area contributed by atoms with E-state index >= 15 is 0 Å². The average Bonchev–Trinajstić information content (AvgIpc) is 2.82. The Bertz CT molecular complexity index is 582. The van der Waals surface area contributed by atoms with Crippen LogP contribution >= 0.6 is 0 Å². The molecule has 2 aromatic rings. The Morgan fingerprint density at radius 3 is 2.74 bits per heavy atom. The van der Waals surface area contributed by atoms with E-state index in [4.69, 9.17) is 0 Å². The highest BCUT2D eigenvalue weighted by Crippen LogP contribution is 2.34. The third-order valence-corrected chi connectivity index (χ3v) is 4.43. The van der Waals surface area contributed by atoms with Crippen molar-refractivity contribution in [2.75, 3.05) is 24.6 Å². The van der Waals surface area contributed by atoms with E-state index in [1.165, 1.54) is 11.2 Å². The van der Waals surface area contributed by atoms with Crippen molar-refractivity contribution in [3.63, 3.8) is 0 Å². The summed E-state index contributed by atoms with van der Waals surface area (Å²) < 4.78 is 2.06. The van der Waals surface area contributed by atoms with Gasteiger partial charge in [-0.2, -0.15) is 0 Å². The highest BCUT2D eigenvalue weighted by molar-refractivity contribution is 5.89. The topological polar surface area (TPSA) is 41.3 Å². The number of hydrogen-bond acceptors (Lipinski definition) is 3. The molecule has 1 saturated heterocycles. The van der Waals surface area contributed by atoms with Crippen molar-refractivity contribution in [3.05, 3.63) is 24.5 Å². The molecule has 0 saturated carbocycles. The first-order chi connectivity index (χ1) is 9.13. The van der Waals surface area contributed by atoms with Crippen molar-refractivity contribution >= 4 is 16.7 Å². The molecule has 19 heavy (non-hydrogen) atoms. The number of fused-ring (bicyclic) bond motifs is 1. The van der Waals surface area contributed by atoms with E-state index < -0.39 is 0 Å². The summed E-state index contributed by atoms with van der Waals surface area (Å²) >= 11 is 0. The Morgan fingerprint density at radius 2 is 2.05 bits per heavy atom. The lowest BCUT2D eigenvalue weighted by atomic mass is 9.81. The smallest absolute Gasteiger partial charge is 0.112 e. The van der Waals surface area contributed by atoms with Gasteiger partial charge in [0.15, 0.2) is 0 Å².